The molecule has 3 rings (SSSR count). The van der Waals surface area contributed by atoms with Crippen molar-refractivity contribution in [1.82, 2.24) is 15.6 Å². The van der Waals surface area contributed by atoms with Crippen LogP contribution in [0, 0.1) is 16.9 Å². The first-order chi connectivity index (χ1) is 19.0. The predicted molar refractivity (Wildman–Crippen MR) is 157 cm³/mol. The summed E-state index contributed by atoms with van der Waals surface area (Å²) in [5.74, 6) is 6.14. The SMILES string of the molecule is CC(C)(C)C1CCC(N(Cc2ccc(C(=O)NC(N=N)NN)cc2)C(=O)CCCOc2ccc(Cl)cc2Cl)CC1. The monoisotopic (exact) mass is 590 g/mol. The summed E-state index contributed by atoms with van der Waals surface area (Å²) in [7, 11) is 0. The van der Waals surface area contributed by atoms with E-state index in [0.29, 0.717) is 53.3 Å². The van der Waals surface area contributed by atoms with Gasteiger partial charge in [-0.3, -0.25) is 15.4 Å². The molecule has 9 nitrogen and oxygen atoms in total. The minimum Gasteiger partial charge on any atom is -0.492 e. The molecule has 2 aromatic carbocycles. The summed E-state index contributed by atoms with van der Waals surface area (Å²) < 4.78 is 5.79. The summed E-state index contributed by atoms with van der Waals surface area (Å²) in [5.41, 5.74) is 10.9. The van der Waals surface area contributed by atoms with Gasteiger partial charge in [0.25, 0.3) is 5.91 Å². The van der Waals surface area contributed by atoms with Crippen LogP contribution >= 0.6 is 23.2 Å². The number of ether oxygens (including phenoxy) is 1. The molecule has 1 fully saturated rings. The van der Waals surface area contributed by atoms with E-state index in [4.69, 9.17) is 39.3 Å². The fraction of sp³-hybridized carbons (Fsp3) is 0.517. The van der Waals surface area contributed by atoms with Gasteiger partial charge in [-0.1, -0.05) is 56.1 Å². The van der Waals surface area contributed by atoms with Crippen LogP contribution < -0.4 is 21.3 Å². The van der Waals surface area contributed by atoms with E-state index in [1.54, 1.807) is 30.3 Å². The largest absolute Gasteiger partial charge is 0.492 e. The third-order valence-corrected chi connectivity index (χ3v) is 8.02. The number of nitrogens with one attached hydrogen (secondary N) is 3. The number of nitrogens with two attached hydrogens (primary N) is 1. The van der Waals surface area contributed by atoms with Gasteiger partial charge in [0.1, 0.15) is 5.75 Å². The topological polar surface area (TPSA) is 133 Å². The van der Waals surface area contributed by atoms with Gasteiger partial charge in [0.05, 0.1) is 11.6 Å². The maximum absolute atomic E-state index is 13.5. The molecule has 2 aromatic rings. The van der Waals surface area contributed by atoms with Crippen LogP contribution in [0.25, 0.3) is 0 Å². The Kier molecular flexibility index (Phi) is 11.7. The number of hydrogen-bond donors (Lipinski definition) is 4. The molecular weight excluding hydrogens is 551 g/mol. The summed E-state index contributed by atoms with van der Waals surface area (Å²) in [6.07, 6.45) is 4.03. The molecule has 0 heterocycles. The van der Waals surface area contributed by atoms with Gasteiger partial charge in [-0.05, 0) is 79.3 Å². The Labute approximate surface area is 246 Å². The molecule has 0 radical (unpaired) electrons. The van der Waals surface area contributed by atoms with Crippen molar-refractivity contribution in [3.05, 3.63) is 63.6 Å². The predicted octanol–water partition coefficient (Wildman–Crippen LogP) is 6.29. The minimum absolute atomic E-state index is 0.0840. The molecule has 40 heavy (non-hydrogen) atoms. The molecular formula is C29H40Cl2N6O3. The summed E-state index contributed by atoms with van der Waals surface area (Å²) >= 11 is 12.2. The highest BCUT2D eigenvalue weighted by Gasteiger charge is 2.33. The van der Waals surface area contributed by atoms with Crippen LogP contribution in [0.2, 0.25) is 10.0 Å². The number of hydrazine groups is 1. The number of amides is 2. The van der Waals surface area contributed by atoms with E-state index in [9.17, 15) is 9.59 Å². The van der Waals surface area contributed by atoms with Gasteiger partial charge in [0.15, 0.2) is 0 Å². The van der Waals surface area contributed by atoms with Crippen LogP contribution in [0.15, 0.2) is 47.6 Å². The fourth-order valence-corrected chi connectivity index (χ4v) is 5.56. The molecule has 1 saturated carbocycles. The van der Waals surface area contributed by atoms with Gasteiger partial charge in [-0.25, -0.2) is 11.0 Å². The smallest absolute Gasteiger partial charge is 0.254 e. The Morgan fingerprint density at radius 1 is 1.12 bits per heavy atom. The van der Waals surface area contributed by atoms with Crippen LogP contribution in [0.1, 0.15) is 75.2 Å². The maximum Gasteiger partial charge on any atom is 0.254 e. The highest BCUT2D eigenvalue weighted by Crippen LogP contribution is 2.39. The second kappa shape index (κ2) is 14.8. The van der Waals surface area contributed by atoms with E-state index in [2.05, 4.69) is 36.6 Å². The summed E-state index contributed by atoms with van der Waals surface area (Å²) in [4.78, 5) is 27.9. The van der Waals surface area contributed by atoms with Crippen molar-refractivity contribution in [2.24, 2.45) is 22.3 Å². The Hall–Kier alpha value is -2.72. The molecule has 0 aliphatic heterocycles. The van der Waals surface area contributed by atoms with Crippen molar-refractivity contribution < 1.29 is 14.3 Å². The van der Waals surface area contributed by atoms with E-state index in [1.807, 2.05) is 17.0 Å². The first-order valence-corrected chi connectivity index (χ1v) is 14.4. The molecule has 1 aliphatic carbocycles. The Morgan fingerprint density at radius 2 is 1.80 bits per heavy atom. The first-order valence-electron chi connectivity index (χ1n) is 13.6. The zero-order chi connectivity index (χ0) is 29.3. The normalized spacial score (nSPS) is 18.1. The lowest BCUT2D eigenvalue weighted by atomic mass is 9.71. The third kappa shape index (κ3) is 9.16. The molecule has 0 bridgehead atoms. The summed E-state index contributed by atoms with van der Waals surface area (Å²) in [5, 5.41) is 6.68. The number of halogens is 2. The quantitative estimate of drug-likeness (QED) is 0.0757. The molecule has 1 atom stereocenters. The average molecular weight is 592 g/mol. The number of hydrogen-bond acceptors (Lipinski definition) is 7. The third-order valence-electron chi connectivity index (χ3n) is 7.49. The number of carbonyl (C=O) groups is 2. The Balaban J connectivity index is 1.65. The highest BCUT2D eigenvalue weighted by molar-refractivity contribution is 6.35. The summed E-state index contributed by atoms with van der Waals surface area (Å²) in [6.45, 7) is 7.69. The van der Waals surface area contributed by atoms with Gasteiger partial charge in [0, 0.05) is 29.6 Å². The van der Waals surface area contributed by atoms with E-state index < -0.39 is 12.2 Å². The van der Waals surface area contributed by atoms with Crippen LogP contribution in [-0.2, 0) is 11.3 Å². The van der Waals surface area contributed by atoms with Crippen LogP contribution in [0.4, 0.5) is 0 Å². The van der Waals surface area contributed by atoms with E-state index >= 15 is 0 Å². The van der Waals surface area contributed by atoms with Crippen molar-refractivity contribution in [1.29, 1.82) is 5.53 Å². The van der Waals surface area contributed by atoms with E-state index in [1.165, 1.54) is 0 Å². The first kappa shape index (κ1) is 31.8. The van der Waals surface area contributed by atoms with Gasteiger partial charge in [0.2, 0.25) is 12.2 Å². The lowest BCUT2D eigenvalue weighted by molar-refractivity contribution is -0.135. The highest BCUT2D eigenvalue weighted by atomic mass is 35.5. The van der Waals surface area contributed by atoms with Crippen LogP contribution in [0.3, 0.4) is 0 Å². The number of carbonyl (C=O) groups excluding carboxylic acids is 2. The molecule has 1 unspecified atom stereocenters. The molecule has 0 spiro atoms. The zero-order valence-corrected chi connectivity index (χ0v) is 24.9. The van der Waals surface area contributed by atoms with Crippen molar-refractivity contribution in [2.75, 3.05) is 6.61 Å². The van der Waals surface area contributed by atoms with Crippen LogP contribution in [0.5, 0.6) is 5.75 Å². The standard InChI is InChI=1S/C29H40Cl2N6O3/c1-29(2,3)21-10-13-23(14-11-21)37(26(38)5-4-16-40-25-15-12-22(30)17-24(25)31)18-19-6-8-20(9-7-19)27(39)34-28(35-32)36-33/h6-9,12,15,17,21,23,28,32,36H,4-5,10-11,13-14,16,18,33H2,1-3H3,(H,34,39). The number of benzene rings is 2. The lowest BCUT2D eigenvalue weighted by Crippen LogP contribution is -2.47. The number of nitrogens with zero attached hydrogens (tertiary/aromatic N) is 2. The van der Waals surface area contributed by atoms with Gasteiger partial charge in [-0.15, -0.1) is 0 Å². The number of rotatable bonds is 12. The van der Waals surface area contributed by atoms with Crippen molar-refractivity contribution in [3.63, 3.8) is 0 Å². The Morgan fingerprint density at radius 3 is 2.38 bits per heavy atom. The van der Waals surface area contributed by atoms with Gasteiger partial charge in [-0.2, -0.15) is 5.11 Å². The molecule has 11 heteroatoms. The van der Waals surface area contributed by atoms with E-state index in [0.717, 1.165) is 31.2 Å². The second-order valence-corrected chi connectivity index (χ2v) is 12.1. The molecule has 1 aliphatic rings. The van der Waals surface area contributed by atoms with Crippen LogP contribution in [-0.4, -0.2) is 35.7 Å². The zero-order valence-electron chi connectivity index (χ0n) is 23.4. The summed E-state index contributed by atoms with van der Waals surface area (Å²) in [6, 6.07) is 12.3. The molecule has 2 amide bonds. The van der Waals surface area contributed by atoms with Gasteiger partial charge < -0.3 is 15.0 Å². The average Bonchev–Trinajstić information content (AvgIpc) is 2.93. The second-order valence-electron chi connectivity index (χ2n) is 11.3. The van der Waals surface area contributed by atoms with Crippen molar-refractivity contribution in [3.8, 4) is 5.75 Å². The minimum atomic E-state index is -0.997. The Bertz CT molecular complexity index is 1150. The lowest BCUT2D eigenvalue weighted by Gasteiger charge is -2.41. The molecule has 0 saturated heterocycles. The van der Waals surface area contributed by atoms with Gasteiger partial charge >= 0.3 is 0 Å². The molecule has 5 N–H and O–H groups in total. The molecule has 218 valence electrons. The van der Waals surface area contributed by atoms with Crippen molar-refractivity contribution in [2.45, 2.75) is 78.2 Å². The van der Waals surface area contributed by atoms with E-state index in [-0.39, 0.29) is 17.4 Å². The maximum atomic E-state index is 13.5. The van der Waals surface area contributed by atoms with Crippen molar-refractivity contribution >= 4 is 35.0 Å². The molecule has 0 aromatic heterocycles. The fourth-order valence-electron chi connectivity index (χ4n) is 5.09.